The van der Waals surface area contributed by atoms with Gasteiger partial charge in [-0.1, -0.05) is 62.2 Å². The maximum atomic E-state index is 13.1. The summed E-state index contributed by atoms with van der Waals surface area (Å²) in [5.41, 5.74) is 1.02. The highest BCUT2D eigenvalue weighted by molar-refractivity contribution is 6.46. The van der Waals surface area contributed by atoms with Gasteiger partial charge in [0.2, 0.25) is 0 Å². The van der Waals surface area contributed by atoms with Crippen molar-refractivity contribution in [3.63, 3.8) is 0 Å². The zero-order valence-electron chi connectivity index (χ0n) is 18.7. The van der Waals surface area contributed by atoms with Crippen molar-refractivity contribution in [1.82, 2.24) is 4.90 Å². The number of carbonyl (C=O) groups excluding carboxylic acids is 2. The van der Waals surface area contributed by atoms with E-state index in [0.29, 0.717) is 17.7 Å². The topological polar surface area (TPSA) is 87.1 Å². The molecule has 170 valence electrons. The normalized spacial score (nSPS) is 17.6. The molecule has 1 heterocycles. The lowest BCUT2D eigenvalue weighted by Crippen LogP contribution is -2.30. The van der Waals surface area contributed by atoms with E-state index >= 15 is 0 Å². The molecule has 0 aliphatic carbocycles. The number of phenols is 1. The highest BCUT2D eigenvalue weighted by Gasteiger charge is 2.46. The molecule has 1 aliphatic heterocycles. The van der Waals surface area contributed by atoms with E-state index in [4.69, 9.17) is 4.74 Å². The van der Waals surface area contributed by atoms with E-state index in [1.165, 1.54) is 18.1 Å². The molecule has 0 radical (unpaired) electrons. The lowest BCUT2D eigenvalue weighted by atomic mass is 9.94. The fourth-order valence-electron chi connectivity index (χ4n) is 4.36. The fraction of sp³-hybridized carbons (Fsp3) is 0.259. The first-order valence-electron chi connectivity index (χ1n) is 11.1. The molecule has 0 spiro atoms. The Bertz CT molecular complexity index is 1250. The molecule has 1 unspecified atom stereocenters. The number of aromatic hydroxyl groups is 1. The number of hydrogen-bond donors (Lipinski definition) is 2. The Labute approximate surface area is 192 Å². The standard InChI is InChI=1S/C27H27NO5/c1-3-4-7-14-28-24(19-12-13-22(33-2)21(29)16-19)23(26(31)27(28)32)25(30)20-11-10-17-8-5-6-9-18(17)15-20/h5-6,8-13,15-16,24,29-30H,3-4,7,14H2,1-2H3/b25-23-. The Morgan fingerprint density at radius 1 is 1.00 bits per heavy atom. The average Bonchev–Trinajstić information content (AvgIpc) is 3.08. The molecule has 1 amide bonds. The molecule has 4 rings (SSSR count). The Morgan fingerprint density at radius 2 is 1.76 bits per heavy atom. The summed E-state index contributed by atoms with van der Waals surface area (Å²) in [5, 5.41) is 23.5. The van der Waals surface area contributed by atoms with Gasteiger partial charge in [-0.15, -0.1) is 0 Å². The van der Waals surface area contributed by atoms with Crippen LogP contribution in [0.3, 0.4) is 0 Å². The van der Waals surface area contributed by atoms with Crippen molar-refractivity contribution in [2.45, 2.75) is 32.2 Å². The van der Waals surface area contributed by atoms with E-state index in [0.717, 1.165) is 30.0 Å². The number of hydrogen-bond acceptors (Lipinski definition) is 5. The van der Waals surface area contributed by atoms with Gasteiger partial charge in [0.15, 0.2) is 11.5 Å². The second-order valence-electron chi connectivity index (χ2n) is 8.19. The van der Waals surface area contributed by atoms with Gasteiger partial charge in [0.25, 0.3) is 11.7 Å². The first kappa shape index (κ1) is 22.4. The van der Waals surface area contributed by atoms with Crippen molar-refractivity contribution in [2.75, 3.05) is 13.7 Å². The molecule has 6 nitrogen and oxygen atoms in total. The smallest absolute Gasteiger partial charge is 0.295 e. The zero-order chi connectivity index (χ0) is 23.5. The number of amides is 1. The number of unbranched alkanes of at least 4 members (excludes halogenated alkanes) is 2. The molecule has 0 bridgehead atoms. The van der Waals surface area contributed by atoms with E-state index in [9.17, 15) is 19.8 Å². The van der Waals surface area contributed by atoms with Crippen LogP contribution >= 0.6 is 0 Å². The molecule has 3 aromatic carbocycles. The second-order valence-corrected chi connectivity index (χ2v) is 8.19. The summed E-state index contributed by atoms with van der Waals surface area (Å²) in [6.45, 7) is 2.44. The van der Waals surface area contributed by atoms with Crippen LogP contribution in [0.1, 0.15) is 43.4 Å². The molecule has 0 saturated carbocycles. The number of phenolic OH excluding ortho intramolecular Hbond substituents is 1. The SMILES string of the molecule is CCCCCN1C(=O)C(=O)/C(=C(\O)c2ccc3ccccc3c2)C1c1ccc(OC)c(O)c1. The van der Waals surface area contributed by atoms with Crippen LogP contribution < -0.4 is 4.74 Å². The van der Waals surface area contributed by atoms with Gasteiger partial charge in [-0.25, -0.2) is 0 Å². The molecule has 1 atom stereocenters. The van der Waals surface area contributed by atoms with Crippen LogP contribution in [0.4, 0.5) is 0 Å². The van der Waals surface area contributed by atoms with Crippen molar-refractivity contribution in [2.24, 2.45) is 0 Å². The number of rotatable bonds is 7. The minimum Gasteiger partial charge on any atom is -0.507 e. The summed E-state index contributed by atoms with van der Waals surface area (Å²) in [4.78, 5) is 27.6. The van der Waals surface area contributed by atoms with Crippen LogP contribution in [0.25, 0.3) is 16.5 Å². The molecule has 1 saturated heterocycles. The van der Waals surface area contributed by atoms with Gasteiger partial charge >= 0.3 is 0 Å². The van der Waals surface area contributed by atoms with Crippen LogP contribution in [-0.2, 0) is 9.59 Å². The first-order chi connectivity index (χ1) is 16.0. The van der Waals surface area contributed by atoms with Gasteiger partial charge < -0.3 is 19.8 Å². The molecular formula is C27H27NO5. The molecular weight excluding hydrogens is 418 g/mol. The maximum absolute atomic E-state index is 13.1. The van der Waals surface area contributed by atoms with Crippen LogP contribution in [0.5, 0.6) is 11.5 Å². The Hall–Kier alpha value is -3.80. The summed E-state index contributed by atoms with van der Waals surface area (Å²) < 4.78 is 5.14. The third kappa shape index (κ3) is 4.16. The summed E-state index contributed by atoms with van der Waals surface area (Å²) in [5.74, 6) is -1.40. The van der Waals surface area contributed by atoms with Crippen LogP contribution in [0.2, 0.25) is 0 Å². The number of aliphatic hydroxyl groups is 1. The minimum absolute atomic E-state index is 0.0244. The second kappa shape index (κ2) is 9.36. The van der Waals surface area contributed by atoms with Crippen LogP contribution in [0.15, 0.2) is 66.2 Å². The number of likely N-dealkylation sites (tertiary alicyclic amines) is 1. The number of ketones is 1. The molecule has 1 fully saturated rings. The van der Waals surface area contributed by atoms with Crippen molar-refractivity contribution >= 4 is 28.2 Å². The summed E-state index contributed by atoms with van der Waals surface area (Å²) in [7, 11) is 1.45. The predicted octanol–water partition coefficient (Wildman–Crippen LogP) is 5.17. The molecule has 3 aromatic rings. The van der Waals surface area contributed by atoms with Crippen molar-refractivity contribution in [3.8, 4) is 11.5 Å². The number of methoxy groups -OCH3 is 1. The highest BCUT2D eigenvalue weighted by atomic mass is 16.5. The van der Waals surface area contributed by atoms with Gasteiger partial charge in [-0.05, 0) is 41.0 Å². The largest absolute Gasteiger partial charge is 0.507 e. The molecule has 2 N–H and O–H groups in total. The Kier molecular flexibility index (Phi) is 6.36. The summed E-state index contributed by atoms with van der Waals surface area (Å²) >= 11 is 0. The molecule has 0 aromatic heterocycles. The number of fused-ring (bicyclic) bond motifs is 1. The van der Waals surface area contributed by atoms with Crippen LogP contribution in [0, 0.1) is 0 Å². The average molecular weight is 446 g/mol. The lowest BCUT2D eigenvalue weighted by molar-refractivity contribution is -0.139. The van der Waals surface area contributed by atoms with E-state index in [2.05, 4.69) is 6.92 Å². The Morgan fingerprint density at radius 3 is 2.45 bits per heavy atom. The van der Waals surface area contributed by atoms with Crippen LogP contribution in [-0.4, -0.2) is 40.5 Å². The van der Waals surface area contributed by atoms with Gasteiger partial charge in [0.1, 0.15) is 5.76 Å². The highest BCUT2D eigenvalue weighted by Crippen LogP contribution is 2.42. The van der Waals surface area contributed by atoms with E-state index < -0.39 is 17.7 Å². The molecule has 33 heavy (non-hydrogen) atoms. The number of aliphatic hydroxyl groups excluding tert-OH is 1. The molecule has 1 aliphatic rings. The zero-order valence-corrected chi connectivity index (χ0v) is 18.7. The van der Waals surface area contributed by atoms with Gasteiger partial charge in [0.05, 0.1) is 18.7 Å². The number of ether oxygens (including phenoxy) is 1. The fourth-order valence-corrected chi connectivity index (χ4v) is 4.36. The third-order valence-electron chi connectivity index (χ3n) is 6.08. The first-order valence-corrected chi connectivity index (χ1v) is 11.1. The van der Waals surface area contributed by atoms with Crippen molar-refractivity contribution in [1.29, 1.82) is 0 Å². The number of Topliss-reactive ketones (excluding diaryl/α,β-unsaturated/α-hetero) is 1. The number of benzene rings is 3. The predicted molar refractivity (Wildman–Crippen MR) is 127 cm³/mol. The van der Waals surface area contributed by atoms with Crippen molar-refractivity contribution < 1.29 is 24.5 Å². The maximum Gasteiger partial charge on any atom is 0.295 e. The van der Waals surface area contributed by atoms with Gasteiger partial charge in [-0.3, -0.25) is 9.59 Å². The minimum atomic E-state index is -0.801. The van der Waals surface area contributed by atoms with E-state index in [1.807, 2.05) is 30.3 Å². The number of carbonyl (C=O) groups is 2. The quantitative estimate of drug-likeness (QED) is 0.227. The van der Waals surface area contributed by atoms with E-state index in [1.54, 1.807) is 24.3 Å². The lowest BCUT2D eigenvalue weighted by Gasteiger charge is -2.25. The monoisotopic (exact) mass is 445 g/mol. The number of nitrogens with zero attached hydrogens (tertiary/aromatic N) is 1. The van der Waals surface area contributed by atoms with Crippen molar-refractivity contribution in [3.05, 3.63) is 77.4 Å². The summed E-state index contributed by atoms with van der Waals surface area (Å²) in [6.07, 6.45) is 2.61. The van der Waals surface area contributed by atoms with Gasteiger partial charge in [0, 0.05) is 12.1 Å². The van der Waals surface area contributed by atoms with E-state index in [-0.39, 0.29) is 22.8 Å². The molecule has 6 heteroatoms. The third-order valence-corrected chi connectivity index (χ3v) is 6.08. The Balaban J connectivity index is 1.86. The van der Waals surface area contributed by atoms with Gasteiger partial charge in [-0.2, -0.15) is 0 Å². The summed E-state index contributed by atoms with van der Waals surface area (Å²) in [6, 6.07) is 17.1.